The molecule has 0 aliphatic heterocycles. The van der Waals surface area contributed by atoms with Gasteiger partial charge in [-0.3, -0.25) is 28.8 Å². The summed E-state index contributed by atoms with van der Waals surface area (Å²) < 4.78 is 26.7. The molecule has 0 fully saturated rings. The fourth-order valence-corrected chi connectivity index (χ4v) is 6.34. The average Bonchev–Trinajstić information content (AvgIpc) is 3.11. The highest BCUT2D eigenvalue weighted by molar-refractivity contribution is 5.89. The van der Waals surface area contributed by atoms with Crippen molar-refractivity contribution >= 4 is 41.8 Å². The Kier molecular flexibility index (Phi) is 21.9. The van der Waals surface area contributed by atoms with Gasteiger partial charge >= 0.3 is 30.0 Å². The lowest BCUT2D eigenvalue weighted by Gasteiger charge is -2.36. The second kappa shape index (κ2) is 24.8. The molecule has 1 aromatic rings. The van der Waals surface area contributed by atoms with Crippen LogP contribution in [-0.2, 0) is 59.1 Å². The summed E-state index contributed by atoms with van der Waals surface area (Å²) in [4.78, 5) is 94.3. The van der Waals surface area contributed by atoms with Gasteiger partial charge in [-0.1, -0.05) is 71.9 Å². The molecular weight excluding hydrogens is 738 g/mol. The third kappa shape index (κ3) is 18.4. The SMILES string of the molecule is CCOC(=O)C[C@H](C(=O)N[C@@H](C(C)C)[C@H](CC(=O)OCC)C(=O)N[C@@H](C(C)C)[C@H](CC(=O)OCC)C(=O)OCc1ccccc1)[C@@H](NC(=O)OC(C)(C)C)C(C)C. The molecule has 1 aromatic carbocycles. The molecule has 0 spiro atoms. The molecule has 57 heavy (non-hydrogen) atoms. The molecule has 0 saturated heterocycles. The first kappa shape index (κ1) is 50.3. The van der Waals surface area contributed by atoms with E-state index < -0.39 is 114 Å². The molecule has 1 rings (SSSR count). The quantitative estimate of drug-likeness (QED) is 0.0958. The lowest BCUT2D eigenvalue weighted by molar-refractivity contribution is -0.158. The highest BCUT2D eigenvalue weighted by Gasteiger charge is 2.42. The molecule has 15 heteroatoms. The summed E-state index contributed by atoms with van der Waals surface area (Å²) in [6.45, 7) is 20.6. The largest absolute Gasteiger partial charge is 0.466 e. The zero-order chi connectivity index (χ0) is 43.5. The summed E-state index contributed by atoms with van der Waals surface area (Å²) in [6.07, 6.45) is -2.05. The van der Waals surface area contributed by atoms with Crippen molar-refractivity contribution < 1.29 is 57.2 Å². The highest BCUT2D eigenvalue weighted by atomic mass is 16.6. The Morgan fingerprint density at radius 3 is 1.28 bits per heavy atom. The molecule has 0 heterocycles. The summed E-state index contributed by atoms with van der Waals surface area (Å²) in [5.41, 5.74) is -0.124. The van der Waals surface area contributed by atoms with Crippen molar-refractivity contribution in [2.75, 3.05) is 19.8 Å². The van der Waals surface area contributed by atoms with E-state index in [1.807, 2.05) is 6.07 Å². The number of carbonyl (C=O) groups is 7. The highest BCUT2D eigenvalue weighted by Crippen LogP contribution is 2.26. The Morgan fingerprint density at radius 2 is 0.912 bits per heavy atom. The number of rotatable bonds is 23. The fourth-order valence-electron chi connectivity index (χ4n) is 6.34. The zero-order valence-electron chi connectivity index (χ0n) is 35.9. The number of amides is 3. The van der Waals surface area contributed by atoms with Crippen molar-refractivity contribution in [3.63, 3.8) is 0 Å². The van der Waals surface area contributed by atoms with Crippen molar-refractivity contribution in [1.29, 1.82) is 0 Å². The van der Waals surface area contributed by atoms with E-state index >= 15 is 0 Å². The topological polar surface area (TPSA) is 202 Å². The first-order valence-corrected chi connectivity index (χ1v) is 19.9. The van der Waals surface area contributed by atoms with Crippen LogP contribution in [0.4, 0.5) is 4.79 Å². The van der Waals surface area contributed by atoms with E-state index in [1.54, 1.807) is 107 Å². The minimum atomic E-state index is -1.25. The molecule has 0 aromatic heterocycles. The van der Waals surface area contributed by atoms with E-state index in [0.717, 1.165) is 5.56 Å². The molecule has 0 bridgehead atoms. The Bertz CT molecular complexity index is 1460. The Labute approximate surface area is 338 Å². The number of nitrogens with one attached hydrogen (secondary N) is 3. The van der Waals surface area contributed by atoms with Gasteiger partial charge in [-0.05, 0) is 64.9 Å². The Hall–Kier alpha value is -4.69. The van der Waals surface area contributed by atoms with Gasteiger partial charge in [0.1, 0.15) is 12.2 Å². The zero-order valence-corrected chi connectivity index (χ0v) is 35.9. The van der Waals surface area contributed by atoms with Crippen LogP contribution < -0.4 is 16.0 Å². The summed E-state index contributed by atoms with van der Waals surface area (Å²) in [5.74, 6) is -9.03. The van der Waals surface area contributed by atoms with E-state index in [0.29, 0.717) is 0 Å². The molecule has 0 aliphatic rings. The molecule has 3 N–H and O–H groups in total. The standard InChI is InChI=1S/C42H67N3O12/c1-13-53-32(46)21-29(38(49)44-37(27(8)9)31(23-34(48)55-15-3)40(51)56-24-28-19-17-16-18-20-28)35(25(4)5)43-39(50)30(22-33(47)54-14-2)36(26(6)7)45-41(52)57-42(10,11)12/h16-20,25-27,29-31,35-37H,13-15,21-24H2,1-12H3,(H,43,50)(H,44,49)(H,45,52)/t29-,30-,31-,35-,36-,37-/m0/s1. The van der Waals surface area contributed by atoms with Crippen LogP contribution in [0.1, 0.15) is 108 Å². The van der Waals surface area contributed by atoms with Gasteiger partial charge in [-0.15, -0.1) is 0 Å². The van der Waals surface area contributed by atoms with Gasteiger partial charge in [0.05, 0.1) is 56.8 Å². The smallest absolute Gasteiger partial charge is 0.407 e. The first-order chi connectivity index (χ1) is 26.6. The van der Waals surface area contributed by atoms with Crippen LogP contribution in [0.15, 0.2) is 30.3 Å². The lowest BCUT2D eigenvalue weighted by atomic mass is 9.83. The van der Waals surface area contributed by atoms with Gasteiger partial charge in [0, 0.05) is 18.1 Å². The number of benzene rings is 1. The van der Waals surface area contributed by atoms with Crippen LogP contribution in [0.25, 0.3) is 0 Å². The predicted octanol–water partition coefficient (Wildman–Crippen LogP) is 5.27. The number of hydrogen-bond acceptors (Lipinski definition) is 12. The van der Waals surface area contributed by atoms with Crippen molar-refractivity contribution in [3.05, 3.63) is 35.9 Å². The number of ether oxygens (including phenoxy) is 5. The van der Waals surface area contributed by atoms with Gasteiger partial charge in [-0.2, -0.15) is 0 Å². The van der Waals surface area contributed by atoms with Crippen LogP contribution in [0, 0.1) is 35.5 Å². The van der Waals surface area contributed by atoms with Crippen molar-refractivity contribution in [2.45, 2.75) is 133 Å². The monoisotopic (exact) mass is 805 g/mol. The second-order valence-corrected chi connectivity index (χ2v) is 15.9. The maximum absolute atomic E-state index is 14.5. The molecule has 6 atom stereocenters. The van der Waals surface area contributed by atoms with E-state index in [4.69, 9.17) is 23.7 Å². The lowest BCUT2D eigenvalue weighted by Crippen LogP contribution is -2.57. The number of alkyl carbamates (subject to hydrolysis) is 1. The molecule has 15 nitrogen and oxygen atoms in total. The number of carbonyl (C=O) groups excluding carboxylic acids is 7. The number of esters is 4. The molecular formula is C42H67N3O12. The Morgan fingerprint density at radius 1 is 0.544 bits per heavy atom. The van der Waals surface area contributed by atoms with Crippen molar-refractivity contribution in [1.82, 2.24) is 16.0 Å². The van der Waals surface area contributed by atoms with Crippen LogP contribution in [0.2, 0.25) is 0 Å². The third-order valence-electron chi connectivity index (χ3n) is 9.03. The van der Waals surface area contributed by atoms with Crippen LogP contribution in [-0.4, -0.2) is 85.3 Å². The maximum atomic E-state index is 14.5. The predicted molar refractivity (Wildman–Crippen MR) is 212 cm³/mol. The molecule has 0 aliphatic carbocycles. The van der Waals surface area contributed by atoms with Gasteiger partial charge in [0.2, 0.25) is 11.8 Å². The van der Waals surface area contributed by atoms with Gasteiger partial charge < -0.3 is 39.6 Å². The van der Waals surface area contributed by atoms with E-state index in [1.165, 1.54) is 0 Å². The normalized spacial score (nSPS) is 14.6. The second-order valence-electron chi connectivity index (χ2n) is 15.9. The van der Waals surface area contributed by atoms with Crippen LogP contribution >= 0.6 is 0 Å². The minimum absolute atomic E-state index is 0.0311. The fraction of sp³-hybridized carbons (Fsp3) is 0.690. The van der Waals surface area contributed by atoms with Gasteiger partial charge in [0.25, 0.3) is 0 Å². The summed E-state index contributed by atoms with van der Waals surface area (Å²) in [5, 5.41) is 8.58. The molecule has 322 valence electrons. The van der Waals surface area contributed by atoms with E-state index in [9.17, 15) is 33.6 Å². The molecule has 3 amide bonds. The number of hydrogen-bond donors (Lipinski definition) is 3. The van der Waals surface area contributed by atoms with Gasteiger partial charge in [0.15, 0.2) is 0 Å². The molecule has 0 radical (unpaired) electrons. The summed E-state index contributed by atoms with van der Waals surface area (Å²) in [7, 11) is 0. The maximum Gasteiger partial charge on any atom is 0.407 e. The van der Waals surface area contributed by atoms with E-state index in [-0.39, 0.29) is 32.3 Å². The van der Waals surface area contributed by atoms with Crippen LogP contribution in [0.5, 0.6) is 0 Å². The van der Waals surface area contributed by atoms with Crippen molar-refractivity contribution in [3.8, 4) is 0 Å². The third-order valence-corrected chi connectivity index (χ3v) is 9.03. The van der Waals surface area contributed by atoms with Crippen LogP contribution in [0.3, 0.4) is 0 Å². The first-order valence-electron chi connectivity index (χ1n) is 19.9. The summed E-state index contributed by atoms with van der Waals surface area (Å²) >= 11 is 0. The molecule has 0 saturated carbocycles. The summed E-state index contributed by atoms with van der Waals surface area (Å²) in [6, 6.07) is 6.06. The Balaban J connectivity index is 3.68. The molecule has 0 unspecified atom stereocenters. The van der Waals surface area contributed by atoms with E-state index in [2.05, 4.69) is 16.0 Å². The van der Waals surface area contributed by atoms with Crippen molar-refractivity contribution in [2.24, 2.45) is 35.5 Å². The minimum Gasteiger partial charge on any atom is -0.466 e. The average molecular weight is 806 g/mol. The van der Waals surface area contributed by atoms with Gasteiger partial charge in [-0.25, -0.2) is 4.79 Å².